The number of nitrogen functional groups attached to an aromatic ring is 1. The maximum atomic E-state index is 9.24. The first-order valence-electron chi connectivity index (χ1n) is 5.43. The summed E-state index contributed by atoms with van der Waals surface area (Å²) in [5.41, 5.74) is 7.77. The third-order valence-corrected chi connectivity index (χ3v) is 3.08. The fraction of sp³-hybridized carbons (Fsp3) is 0.417. The second-order valence-electron chi connectivity index (χ2n) is 4.06. The van der Waals surface area contributed by atoms with Crippen LogP contribution in [0.2, 0.25) is 0 Å². The molecule has 0 aliphatic carbocycles. The number of aliphatic hydroxyl groups excluding tert-OH is 1. The minimum Gasteiger partial charge on any atom is -0.398 e. The molecular weight excluding hydrogens is 202 g/mol. The highest BCUT2D eigenvalue weighted by atomic mass is 16.3. The lowest BCUT2D eigenvalue weighted by atomic mass is 10.1. The van der Waals surface area contributed by atoms with E-state index in [-0.39, 0.29) is 12.6 Å². The quantitative estimate of drug-likeness (QED) is 0.727. The minimum absolute atomic E-state index is 0.167. The number of benzene rings is 1. The molecule has 1 aromatic carbocycles. The van der Waals surface area contributed by atoms with Gasteiger partial charge >= 0.3 is 0 Å². The summed E-state index contributed by atoms with van der Waals surface area (Å²) in [4.78, 5) is 2.15. The van der Waals surface area contributed by atoms with Crippen LogP contribution in [0, 0.1) is 11.3 Å². The monoisotopic (exact) mass is 217 g/mol. The van der Waals surface area contributed by atoms with Gasteiger partial charge in [0.15, 0.2) is 0 Å². The predicted octanol–water partition coefficient (Wildman–Crippen LogP) is 1.10. The Kier molecular flexibility index (Phi) is 2.97. The molecule has 0 saturated carbocycles. The highest BCUT2D eigenvalue weighted by Gasteiger charge is 2.24. The topological polar surface area (TPSA) is 73.3 Å². The van der Waals surface area contributed by atoms with E-state index in [0.717, 1.165) is 25.1 Å². The van der Waals surface area contributed by atoms with Gasteiger partial charge in [-0.1, -0.05) is 0 Å². The fourth-order valence-corrected chi connectivity index (χ4v) is 2.20. The lowest BCUT2D eigenvalue weighted by molar-refractivity contribution is 0.266. The van der Waals surface area contributed by atoms with Gasteiger partial charge in [-0.05, 0) is 31.0 Å². The number of hydrogen-bond acceptors (Lipinski definition) is 4. The van der Waals surface area contributed by atoms with Crippen LogP contribution in [0.4, 0.5) is 11.4 Å². The Morgan fingerprint density at radius 1 is 1.56 bits per heavy atom. The summed E-state index contributed by atoms with van der Waals surface area (Å²) in [6, 6.07) is 7.67. The number of nitrogens with zero attached hydrogens (tertiary/aromatic N) is 2. The van der Waals surface area contributed by atoms with Crippen molar-refractivity contribution in [3.63, 3.8) is 0 Å². The average Bonchev–Trinajstić information content (AvgIpc) is 2.77. The van der Waals surface area contributed by atoms with E-state index in [1.807, 2.05) is 18.2 Å². The van der Waals surface area contributed by atoms with E-state index in [4.69, 9.17) is 11.0 Å². The zero-order chi connectivity index (χ0) is 11.5. The summed E-state index contributed by atoms with van der Waals surface area (Å²) in [6.07, 6.45) is 2.10. The summed E-state index contributed by atoms with van der Waals surface area (Å²) in [5, 5.41) is 18.0. The Morgan fingerprint density at radius 2 is 2.38 bits per heavy atom. The van der Waals surface area contributed by atoms with Crippen molar-refractivity contribution in [1.29, 1.82) is 5.26 Å². The molecule has 1 atom stereocenters. The van der Waals surface area contributed by atoms with Crippen molar-refractivity contribution in [2.24, 2.45) is 0 Å². The first kappa shape index (κ1) is 10.8. The highest BCUT2D eigenvalue weighted by molar-refractivity contribution is 5.64. The van der Waals surface area contributed by atoms with Gasteiger partial charge in [-0.3, -0.25) is 0 Å². The second-order valence-corrected chi connectivity index (χ2v) is 4.06. The molecular formula is C12H15N3O. The average molecular weight is 217 g/mol. The van der Waals surface area contributed by atoms with Crippen LogP contribution in [0.25, 0.3) is 0 Å². The van der Waals surface area contributed by atoms with E-state index in [2.05, 4.69) is 4.90 Å². The summed E-state index contributed by atoms with van der Waals surface area (Å²) < 4.78 is 0. The van der Waals surface area contributed by atoms with Crippen LogP contribution in [0.15, 0.2) is 18.2 Å². The van der Waals surface area contributed by atoms with Gasteiger partial charge in [0, 0.05) is 12.2 Å². The molecule has 0 spiro atoms. The van der Waals surface area contributed by atoms with Gasteiger partial charge in [0.25, 0.3) is 0 Å². The molecule has 3 N–H and O–H groups in total. The number of aliphatic hydroxyl groups is 1. The second kappa shape index (κ2) is 4.42. The Morgan fingerprint density at radius 3 is 3.00 bits per heavy atom. The van der Waals surface area contributed by atoms with Gasteiger partial charge in [0.1, 0.15) is 6.07 Å². The van der Waals surface area contributed by atoms with E-state index in [0.29, 0.717) is 11.3 Å². The van der Waals surface area contributed by atoms with Gasteiger partial charge in [0.05, 0.1) is 23.9 Å². The zero-order valence-electron chi connectivity index (χ0n) is 9.06. The van der Waals surface area contributed by atoms with E-state index in [1.165, 1.54) is 0 Å². The Hall–Kier alpha value is -1.73. The fourth-order valence-electron chi connectivity index (χ4n) is 2.20. The summed E-state index contributed by atoms with van der Waals surface area (Å²) in [5.74, 6) is 0. The maximum absolute atomic E-state index is 9.24. The van der Waals surface area contributed by atoms with E-state index in [1.54, 1.807) is 6.07 Å². The van der Waals surface area contributed by atoms with Gasteiger partial charge in [-0.2, -0.15) is 5.26 Å². The first-order chi connectivity index (χ1) is 7.76. The third kappa shape index (κ3) is 1.82. The molecule has 4 nitrogen and oxygen atoms in total. The van der Waals surface area contributed by atoms with Crippen LogP contribution >= 0.6 is 0 Å². The van der Waals surface area contributed by atoms with Crippen LogP contribution in [0.3, 0.4) is 0 Å². The van der Waals surface area contributed by atoms with Crippen LogP contribution in [0.5, 0.6) is 0 Å². The maximum Gasteiger partial charge on any atom is 0.101 e. The third-order valence-electron chi connectivity index (χ3n) is 3.08. The zero-order valence-corrected chi connectivity index (χ0v) is 9.06. The molecule has 0 aromatic heterocycles. The van der Waals surface area contributed by atoms with Crippen molar-refractivity contribution in [3.05, 3.63) is 23.8 Å². The van der Waals surface area contributed by atoms with Gasteiger partial charge in [0.2, 0.25) is 0 Å². The minimum atomic E-state index is 0.167. The largest absolute Gasteiger partial charge is 0.398 e. The molecule has 16 heavy (non-hydrogen) atoms. The molecule has 0 radical (unpaired) electrons. The first-order valence-corrected chi connectivity index (χ1v) is 5.43. The van der Waals surface area contributed by atoms with E-state index in [9.17, 15) is 5.11 Å². The van der Waals surface area contributed by atoms with Crippen molar-refractivity contribution in [2.45, 2.75) is 18.9 Å². The number of anilines is 2. The summed E-state index contributed by atoms with van der Waals surface area (Å²) in [6.45, 7) is 1.11. The summed E-state index contributed by atoms with van der Waals surface area (Å²) in [7, 11) is 0. The molecule has 84 valence electrons. The van der Waals surface area contributed by atoms with Gasteiger partial charge in [-0.25, -0.2) is 0 Å². The number of nitrogens with two attached hydrogens (primary N) is 1. The van der Waals surface area contributed by atoms with Crippen LogP contribution in [-0.4, -0.2) is 24.3 Å². The number of rotatable bonds is 2. The molecule has 2 rings (SSSR count). The van der Waals surface area contributed by atoms with Gasteiger partial charge < -0.3 is 15.7 Å². The van der Waals surface area contributed by atoms with Crippen molar-refractivity contribution < 1.29 is 5.11 Å². The highest BCUT2D eigenvalue weighted by Crippen LogP contribution is 2.27. The lowest BCUT2D eigenvalue weighted by Crippen LogP contribution is -2.32. The predicted molar refractivity (Wildman–Crippen MR) is 63.0 cm³/mol. The van der Waals surface area contributed by atoms with Crippen molar-refractivity contribution >= 4 is 11.4 Å². The summed E-state index contributed by atoms with van der Waals surface area (Å²) >= 11 is 0. The van der Waals surface area contributed by atoms with Gasteiger partial charge in [-0.15, -0.1) is 0 Å². The number of hydrogen-bond donors (Lipinski definition) is 2. The molecule has 1 unspecified atom stereocenters. The normalized spacial score (nSPS) is 19.8. The molecule has 0 amide bonds. The molecule has 1 heterocycles. The molecule has 1 fully saturated rings. The standard InChI is InChI=1S/C12H15N3O/c13-7-9-3-4-10(6-12(9)14)15-5-1-2-11(15)8-16/h3-4,6,11,16H,1-2,5,8,14H2. The van der Waals surface area contributed by atoms with Crippen LogP contribution in [-0.2, 0) is 0 Å². The molecule has 1 aliphatic rings. The number of nitriles is 1. The molecule has 1 saturated heterocycles. The Bertz CT molecular complexity index is 425. The Labute approximate surface area is 94.9 Å². The molecule has 0 bridgehead atoms. The Balaban J connectivity index is 2.28. The lowest BCUT2D eigenvalue weighted by Gasteiger charge is -2.25. The van der Waals surface area contributed by atoms with Crippen molar-refractivity contribution in [1.82, 2.24) is 0 Å². The van der Waals surface area contributed by atoms with Crippen molar-refractivity contribution in [2.75, 3.05) is 23.8 Å². The SMILES string of the molecule is N#Cc1ccc(N2CCCC2CO)cc1N. The van der Waals surface area contributed by atoms with E-state index >= 15 is 0 Å². The van der Waals surface area contributed by atoms with Crippen LogP contribution in [0.1, 0.15) is 18.4 Å². The van der Waals surface area contributed by atoms with Crippen LogP contribution < -0.4 is 10.6 Å². The molecule has 1 aromatic rings. The van der Waals surface area contributed by atoms with E-state index < -0.39 is 0 Å². The smallest absolute Gasteiger partial charge is 0.101 e. The molecule has 4 heteroatoms. The molecule has 1 aliphatic heterocycles. The van der Waals surface area contributed by atoms with Crippen molar-refractivity contribution in [3.8, 4) is 6.07 Å².